The maximum absolute atomic E-state index is 14.0. The van der Waals surface area contributed by atoms with Crippen molar-refractivity contribution in [2.75, 3.05) is 30.2 Å². The third-order valence-electron chi connectivity index (χ3n) is 7.95. The number of aryl methyl sites for hydroxylation is 1. The lowest BCUT2D eigenvalue weighted by Crippen LogP contribution is -2.30. The lowest BCUT2D eigenvalue weighted by molar-refractivity contribution is 0.208. The van der Waals surface area contributed by atoms with Crippen LogP contribution in [0.4, 0.5) is 26.0 Å². The van der Waals surface area contributed by atoms with Gasteiger partial charge in [0, 0.05) is 46.6 Å². The summed E-state index contributed by atoms with van der Waals surface area (Å²) in [6.45, 7) is 3.38. The minimum absolute atomic E-state index is 0.156. The number of likely N-dealkylation sites (tertiary alicyclic amines) is 1. The molecule has 0 atom stereocenters. The van der Waals surface area contributed by atoms with Crippen LogP contribution in [0.5, 0.6) is 0 Å². The van der Waals surface area contributed by atoms with Gasteiger partial charge in [-0.3, -0.25) is 4.72 Å². The fraction of sp³-hybridized carbons (Fsp3) is 0.250. The Morgan fingerprint density at radius 2 is 1.63 bits per heavy atom. The number of hydrogen-bond donors (Lipinski definition) is 2. The van der Waals surface area contributed by atoms with Crippen LogP contribution in [0.2, 0.25) is 0 Å². The number of halogens is 2. The van der Waals surface area contributed by atoms with Gasteiger partial charge in [-0.15, -0.1) is 0 Å². The maximum atomic E-state index is 14.0. The highest BCUT2D eigenvalue weighted by Crippen LogP contribution is 2.28. The average molecular weight is 603 g/mol. The molecule has 1 aliphatic heterocycles. The van der Waals surface area contributed by atoms with Crippen molar-refractivity contribution in [2.45, 2.75) is 30.7 Å². The van der Waals surface area contributed by atoms with E-state index in [0.29, 0.717) is 11.5 Å². The molecule has 0 amide bonds. The van der Waals surface area contributed by atoms with Gasteiger partial charge in [-0.25, -0.2) is 27.2 Å². The van der Waals surface area contributed by atoms with Gasteiger partial charge in [0.05, 0.1) is 5.69 Å². The topological polar surface area (TPSA) is 92.2 Å². The van der Waals surface area contributed by atoms with E-state index in [-0.39, 0.29) is 5.69 Å². The molecule has 2 aromatic heterocycles. The lowest BCUT2D eigenvalue weighted by Gasteiger charge is -2.29. The van der Waals surface area contributed by atoms with Crippen molar-refractivity contribution in [3.8, 4) is 11.3 Å². The Kier molecular flexibility index (Phi) is 8.09. The van der Waals surface area contributed by atoms with Crippen LogP contribution in [-0.4, -0.2) is 48.0 Å². The van der Waals surface area contributed by atoms with Gasteiger partial charge in [0.1, 0.15) is 23.8 Å². The Morgan fingerprint density at radius 1 is 0.907 bits per heavy atom. The van der Waals surface area contributed by atoms with Crippen molar-refractivity contribution in [3.63, 3.8) is 0 Å². The fourth-order valence-corrected chi connectivity index (χ4v) is 6.72. The molecule has 6 rings (SSSR count). The summed E-state index contributed by atoms with van der Waals surface area (Å²) in [6.07, 6.45) is 7.37. The highest BCUT2D eigenvalue weighted by molar-refractivity contribution is 7.92. The summed E-state index contributed by atoms with van der Waals surface area (Å²) in [6, 6.07) is 19.5. The van der Waals surface area contributed by atoms with E-state index >= 15 is 0 Å². The SMILES string of the molecule is CN1CCC(CCn2ccc3cc(-c4cc(Nc5ccc(NS(=O)(=O)c6c(F)cccc6F)cc5)ncn4)ccc32)CC1. The standard InChI is InChI=1S/C32H32F2N6O2S/c1-39-15-11-22(12-16-39)13-17-40-18-14-24-19-23(5-10-30(24)40)29-20-31(36-21-35-29)37-25-6-8-26(9-7-25)38-43(41,42)32-27(33)3-2-4-28(32)34/h2-10,14,18-22,38H,11-13,15-17H2,1H3,(H,35,36,37). The van der Waals surface area contributed by atoms with Gasteiger partial charge in [-0.1, -0.05) is 12.1 Å². The Bertz CT molecular complexity index is 1830. The van der Waals surface area contributed by atoms with Gasteiger partial charge in [-0.2, -0.15) is 0 Å². The van der Waals surface area contributed by atoms with Gasteiger partial charge in [0.15, 0.2) is 4.90 Å². The Hall–Kier alpha value is -4.35. The largest absolute Gasteiger partial charge is 0.347 e. The van der Waals surface area contributed by atoms with Crippen molar-refractivity contribution in [2.24, 2.45) is 5.92 Å². The second-order valence-corrected chi connectivity index (χ2v) is 12.6. The van der Waals surface area contributed by atoms with Crippen LogP contribution in [-0.2, 0) is 16.6 Å². The molecule has 8 nitrogen and oxygen atoms in total. The molecule has 5 aromatic rings. The van der Waals surface area contributed by atoms with E-state index in [9.17, 15) is 17.2 Å². The number of sulfonamides is 1. The first kappa shape index (κ1) is 28.8. The first-order chi connectivity index (χ1) is 20.7. The maximum Gasteiger partial charge on any atom is 0.267 e. The van der Waals surface area contributed by atoms with Crippen LogP contribution in [0.25, 0.3) is 22.2 Å². The second-order valence-electron chi connectivity index (χ2n) is 11.0. The number of hydrogen-bond acceptors (Lipinski definition) is 6. The molecule has 3 aromatic carbocycles. The third kappa shape index (κ3) is 6.52. The van der Waals surface area contributed by atoms with E-state index in [1.54, 1.807) is 12.1 Å². The molecule has 0 spiro atoms. The molecule has 0 unspecified atom stereocenters. The quantitative estimate of drug-likeness (QED) is 0.196. The van der Waals surface area contributed by atoms with E-state index in [0.717, 1.165) is 47.3 Å². The summed E-state index contributed by atoms with van der Waals surface area (Å²) in [4.78, 5) is 10.2. The molecule has 0 radical (unpaired) electrons. The predicted octanol–water partition coefficient (Wildman–Crippen LogP) is 6.65. The van der Waals surface area contributed by atoms with E-state index < -0.39 is 26.6 Å². The van der Waals surface area contributed by atoms with Crippen molar-refractivity contribution in [1.82, 2.24) is 19.4 Å². The number of piperidine rings is 1. The summed E-state index contributed by atoms with van der Waals surface area (Å²) < 4.78 is 57.7. The van der Waals surface area contributed by atoms with Crippen molar-refractivity contribution in [3.05, 3.63) is 97.0 Å². The van der Waals surface area contributed by atoms with Crippen LogP contribution in [0.15, 0.2) is 90.2 Å². The molecule has 3 heterocycles. The molecular weight excluding hydrogens is 570 g/mol. The van der Waals surface area contributed by atoms with E-state index in [4.69, 9.17) is 0 Å². The summed E-state index contributed by atoms with van der Waals surface area (Å²) in [5.74, 6) is -0.985. The molecule has 0 bridgehead atoms. The Labute approximate surface area is 249 Å². The van der Waals surface area contributed by atoms with Gasteiger partial charge >= 0.3 is 0 Å². The normalized spacial score (nSPS) is 14.7. The summed E-state index contributed by atoms with van der Waals surface area (Å²) in [5, 5.41) is 4.35. The number of anilines is 3. The van der Waals surface area contributed by atoms with Gasteiger partial charge < -0.3 is 14.8 Å². The zero-order chi connectivity index (χ0) is 30.0. The van der Waals surface area contributed by atoms with Crippen LogP contribution in [0.1, 0.15) is 19.3 Å². The second kappa shape index (κ2) is 12.1. The minimum Gasteiger partial charge on any atom is -0.347 e. The zero-order valence-corrected chi connectivity index (χ0v) is 24.5. The zero-order valence-electron chi connectivity index (χ0n) is 23.7. The summed E-state index contributed by atoms with van der Waals surface area (Å²) in [7, 11) is -2.26. The predicted molar refractivity (Wildman–Crippen MR) is 165 cm³/mol. The number of nitrogens with zero attached hydrogens (tertiary/aromatic N) is 4. The third-order valence-corrected chi connectivity index (χ3v) is 9.38. The van der Waals surface area contributed by atoms with Crippen LogP contribution >= 0.6 is 0 Å². The molecule has 11 heteroatoms. The molecular formula is C32H32F2N6O2S. The van der Waals surface area contributed by atoms with Crippen LogP contribution in [0.3, 0.4) is 0 Å². The number of rotatable bonds is 9. The minimum atomic E-state index is -4.45. The number of nitrogens with one attached hydrogen (secondary N) is 2. The highest BCUT2D eigenvalue weighted by atomic mass is 32.2. The van der Waals surface area contributed by atoms with Crippen LogP contribution in [0, 0.1) is 17.6 Å². The summed E-state index contributed by atoms with van der Waals surface area (Å²) in [5.41, 5.74) is 3.73. The molecule has 2 N–H and O–H groups in total. The average Bonchev–Trinajstić information content (AvgIpc) is 3.40. The van der Waals surface area contributed by atoms with Crippen molar-refractivity contribution < 1.29 is 17.2 Å². The van der Waals surface area contributed by atoms with Gasteiger partial charge in [0.2, 0.25) is 0 Å². The first-order valence-electron chi connectivity index (χ1n) is 14.2. The Morgan fingerprint density at radius 3 is 2.37 bits per heavy atom. The highest BCUT2D eigenvalue weighted by Gasteiger charge is 2.24. The molecule has 1 saturated heterocycles. The smallest absolute Gasteiger partial charge is 0.267 e. The molecule has 0 saturated carbocycles. The molecule has 0 aliphatic carbocycles. The molecule has 1 aliphatic rings. The fourth-order valence-electron chi connectivity index (χ4n) is 5.53. The number of benzene rings is 3. The van der Waals surface area contributed by atoms with Crippen molar-refractivity contribution in [1.29, 1.82) is 0 Å². The van der Waals surface area contributed by atoms with Crippen LogP contribution < -0.4 is 10.0 Å². The first-order valence-corrected chi connectivity index (χ1v) is 15.7. The van der Waals surface area contributed by atoms with Gasteiger partial charge in [-0.05, 0) is 99.9 Å². The van der Waals surface area contributed by atoms with Crippen molar-refractivity contribution >= 4 is 38.1 Å². The number of aromatic nitrogens is 3. The summed E-state index contributed by atoms with van der Waals surface area (Å²) >= 11 is 0. The molecule has 43 heavy (non-hydrogen) atoms. The van der Waals surface area contributed by atoms with E-state index in [1.807, 2.05) is 6.07 Å². The lowest BCUT2D eigenvalue weighted by atomic mass is 9.94. The molecule has 222 valence electrons. The monoisotopic (exact) mass is 602 g/mol. The van der Waals surface area contributed by atoms with Gasteiger partial charge in [0.25, 0.3) is 10.0 Å². The Balaban J connectivity index is 1.12. The number of fused-ring (bicyclic) bond motifs is 1. The van der Waals surface area contributed by atoms with E-state index in [2.05, 4.69) is 67.0 Å². The van der Waals surface area contributed by atoms with E-state index in [1.165, 1.54) is 56.3 Å². The molecule has 1 fully saturated rings.